The van der Waals surface area contributed by atoms with Gasteiger partial charge in [-0.25, -0.2) is 4.39 Å². The van der Waals surface area contributed by atoms with Crippen LogP contribution < -0.4 is 5.32 Å². The summed E-state index contributed by atoms with van der Waals surface area (Å²) in [4.78, 5) is 13.2. The zero-order chi connectivity index (χ0) is 14.8. The Morgan fingerprint density at radius 2 is 1.95 bits per heavy atom. The van der Waals surface area contributed by atoms with Gasteiger partial charge in [-0.3, -0.25) is 4.79 Å². The smallest absolute Gasteiger partial charge is 0.237 e. The third kappa shape index (κ3) is 3.67. The average molecular weight is 356 g/mol. The first-order chi connectivity index (χ1) is 9.38. The number of hydrogen-bond acceptors (Lipinski definition) is 2. The fourth-order valence-corrected chi connectivity index (χ4v) is 2.65. The van der Waals surface area contributed by atoms with Gasteiger partial charge in [0.25, 0.3) is 0 Å². The second kappa shape index (κ2) is 6.06. The molecule has 0 bridgehead atoms. The molecule has 1 aromatic carbocycles. The van der Waals surface area contributed by atoms with Crippen molar-refractivity contribution in [2.75, 3.05) is 0 Å². The number of hydrogen-bond donors (Lipinski definition) is 1. The van der Waals surface area contributed by atoms with Crippen molar-refractivity contribution in [3.05, 3.63) is 58.0 Å². The summed E-state index contributed by atoms with van der Waals surface area (Å²) in [5, 5.41) is 4.95. The predicted molar refractivity (Wildman–Crippen MR) is 83.7 cm³/mol. The molecule has 2 aromatic rings. The van der Waals surface area contributed by atoms with E-state index in [2.05, 4.69) is 21.2 Å². The normalized spacial score (nSPS) is 13.0. The maximum atomic E-state index is 13.1. The van der Waals surface area contributed by atoms with Crippen LogP contribution in [-0.4, -0.2) is 10.2 Å². The predicted octanol–water partition coefficient (Wildman–Crippen LogP) is 4.27. The van der Waals surface area contributed by atoms with Crippen LogP contribution in [0.4, 0.5) is 4.39 Å². The van der Waals surface area contributed by atoms with E-state index in [4.69, 9.17) is 0 Å². The number of benzene rings is 1. The Hall–Kier alpha value is -1.20. The number of thiophene rings is 1. The molecule has 0 radical (unpaired) electrons. The highest BCUT2D eigenvalue weighted by Gasteiger charge is 2.27. The van der Waals surface area contributed by atoms with E-state index in [-0.39, 0.29) is 17.8 Å². The molecular weight excluding hydrogens is 341 g/mol. The van der Waals surface area contributed by atoms with Gasteiger partial charge in [-0.15, -0.1) is 11.3 Å². The number of carbonyl (C=O) groups is 1. The van der Waals surface area contributed by atoms with Gasteiger partial charge < -0.3 is 5.32 Å². The Bertz CT molecular complexity index is 575. The zero-order valence-electron chi connectivity index (χ0n) is 11.2. The van der Waals surface area contributed by atoms with Crippen molar-refractivity contribution < 1.29 is 9.18 Å². The number of halogens is 2. The third-order valence-corrected chi connectivity index (χ3v) is 4.14. The van der Waals surface area contributed by atoms with Crippen LogP contribution >= 0.6 is 27.3 Å². The average Bonchev–Trinajstić information content (AvgIpc) is 2.89. The minimum absolute atomic E-state index is 0.111. The Kier molecular flexibility index (Phi) is 4.60. The fraction of sp³-hybridized carbons (Fsp3) is 0.267. The van der Waals surface area contributed by atoms with E-state index in [0.717, 1.165) is 10.4 Å². The van der Waals surface area contributed by atoms with Gasteiger partial charge in [-0.05, 0) is 43.0 Å². The van der Waals surface area contributed by atoms with Crippen molar-refractivity contribution in [3.63, 3.8) is 0 Å². The number of carbonyl (C=O) groups excluding carboxylic acids is 1. The van der Waals surface area contributed by atoms with E-state index in [9.17, 15) is 9.18 Å². The van der Waals surface area contributed by atoms with Gasteiger partial charge in [0.2, 0.25) is 5.91 Å². The molecule has 0 saturated carbocycles. The molecule has 1 aromatic heterocycles. The van der Waals surface area contributed by atoms with Crippen LogP contribution in [0, 0.1) is 5.82 Å². The summed E-state index contributed by atoms with van der Waals surface area (Å²) < 4.78 is 12.4. The Morgan fingerprint density at radius 3 is 2.45 bits per heavy atom. The van der Waals surface area contributed by atoms with Gasteiger partial charge in [0.05, 0.1) is 10.4 Å². The van der Waals surface area contributed by atoms with Crippen molar-refractivity contribution in [1.29, 1.82) is 0 Å². The lowest BCUT2D eigenvalue weighted by Gasteiger charge is -2.23. The lowest BCUT2D eigenvalue weighted by Crippen LogP contribution is -2.39. The van der Waals surface area contributed by atoms with Gasteiger partial charge in [0, 0.05) is 4.88 Å². The first-order valence-electron chi connectivity index (χ1n) is 6.16. The van der Waals surface area contributed by atoms with Gasteiger partial charge in [0.15, 0.2) is 0 Å². The van der Waals surface area contributed by atoms with E-state index >= 15 is 0 Å². The summed E-state index contributed by atoms with van der Waals surface area (Å²) in [6.07, 6.45) is 0. The molecule has 1 amide bonds. The van der Waals surface area contributed by atoms with Crippen molar-refractivity contribution in [2.45, 2.75) is 24.2 Å². The standard InChI is InChI=1S/C15H15BrFNOS/c1-15(2,16)14(19)18-13(12-4-3-9-20-12)10-5-7-11(17)8-6-10/h3-9,13H,1-2H3,(H,18,19). The Labute approximate surface area is 130 Å². The van der Waals surface area contributed by atoms with Gasteiger partial charge in [-0.2, -0.15) is 0 Å². The lowest BCUT2D eigenvalue weighted by atomic mass is 10.0. The quantitative estimate of drug-likeness (QED) is 0.815. The molecule has 5 heteroatoms. The van der Waals surface area contributed by atoms with Crippen molar-refractivity contribution in [3.8, 4) is 0 Å². The maximum Gasteiger partial charge on any atom is 0.237 e. The molecule has 0 spiro atoms. The molecule has 0 aliphatic heterocycles. The summed E-state index contributed by atoms with van der Waals surface area (Å²) in [5.74, 6) is -0.397. The topological polar surface area (TPSA) is 29.1 Å². The zero-order valence-corrected chi connectivity index (χ0v) is 13.6. The highest BCUT2D eigenvalue weighted by atomic mass is 79.9. The van der Waals surface area contributed by atoms with E-state index in [0.29, 0.717) is 0 Å². The Balaban J connectivity index is 2.31. The van der Waals surface area contributed by atoms with Crippen LogP contribution in [0.1, 0.15) is 30.3 Å². The maximum absolute atomic E-state index is 13.1. The summed E-state index contributed by atoms with van der Waals surface area (Å²) in [7, 11) is 0. The van der Waals surface area contributed by atoms with Crippen LogP contribution in [0.15, 0.2) is 41.8 Å². The summed E-state index contributed by atoms with van der Waals surface area (Å²) in [6.45, 7) is 3.58. The van der Waals surface area contributed by atoms with Crippen LogP contribution in [0.5, 0.6) is 0 Å². The van der Waals surface area contributed by atoms with Crippen LogP contribution in [-0.2, 0) is 4.79 Å². The molecule has 20 heavy (non-hydrogen) atoms. The molecule has 2 rings (SSSR count). The number of alkyl halides is 1. The molecule has 1 unspecified atom stereocenters. The molecule has 106 valence electrons. The van der Waals surface area contributed by atoms with E-state index < -0.39 is 4.32 Å². The highest BCUT2D eigenvalue weighted by Crippen LogP contribution is 2.28. The van der Waals surface area contributed by atoms with E-state index in [1.807, 2.05) is 17.5 Å². The van der Waals surface area contributed by atoms with Crippen molar-refractivity contribution >= 4 is 33.2 Å². The van der Waals surface area contributed by atoms with E-state index in [1.165, 1.54) is 12.1 Å². The second-order valence-corrected chi connectivity index (χ2v) is 7.91. The minimum atomic E-state index is -0.650. The van der Waals surface area contributed by atoms with Crippen molar-refractivity contribution in [2.24, 2.45) is 0 Å². The van der Waals surface area contributed by atoms with Gasteiger partial charge in [0.1, 0.15) is 5.82 Å². The lowest BCUT2D eigenvalue weighted by molar-refractivity contribution is -0.123. The van der Waals surface area contributed by atoms with Crippen LogP contribution in [0.25, 0.3) is 0 Å². The monoisotopic (exact) mass is 355 g/mol. The summed E-state index contributed by atoms with van der Waals surface area (Å²) in [5.41, 5.74) is 0.860. The number of nitrogens with one attached hydrogen (secondary N) is 1. The van der Waals surface area contributed by atoms with Crippen LogP contribution in [0.3, 0.4) is 0 Å². The largest absolute Gasteiger partial charge is 0.343 e. The first kappa shape index (κ1) is 15.2. The van der Waals surface area contributed by atoms with Crippen LogP contribution in [0.2, 0.25) is 0 Å². The minimum Gasteiger partial charge on any atom is -0.343 e. The summed E-state index contributed by atoms with van der Waals surface area (Å²) >= 11 is 4.91. The molecule has 1 atom stereocenters. The summed E-state index contributed by atoms with van der Waals surface area (Å²) in [6, 6.07) is 9.83. The van der Waals surface area contributed by atoms with Gasteiger partial charge >= 0.3 is 0 Å². The molecule has 1 heterocycles. The van der Waals surface area contributed by atoms with Crippen molar-refractivity contribution in [1.82, 2.24) is 5.32 Å². The molecule has 0 aliphatic rings. The molecule has 1 N–H and O–H groups in total. The highest BCUT2D eigenvalue weighted by molar-refractivity contribution is 9.10. The molecule has 0 aliphatic carbocycles. The Morgan fingerprint density at radius 1 is 1.30 bits per heavy atom. The van der Waals surface area contributed by atoms with Gasteiger partial charge in [-0.1, -0.05) is 34.1 Å². The third-order valence-electron chi connectivity index (χ3n) is 2.85. The second-order valence-electron chi connectivity index (χ2n) is 4.95. The van der Waals surface area contributed by atoms with E-state index in [1.54, 1.807) is 37.3 Å². The number of rotatable bonds is 4. The number of amides is 1. The molecular formula is C15H15BrFNOS. The fourth-order valence-electron chi connectivity index (χ4n) is 1.73. The molecule has 0 fully saturated rings. The molecule has 0 saturated heterocycles. The first-order valence-corrected chi connectivity index (χ1v) is 7.84. The SMILES string of the molecule is CC(C)(Br)C(=O)NC(c1ccc(F)cc1)c1cccs1. The molecule has 2 nitrogen and oxygen atoms in total.